The number of halogens is 1. The predicted molar refractivity (Wildman–Crippen MR) is 116 cm³/mol. The molecule has 0 aliphatic carbocycles. The summed E-state index contributed by atoms with van der Waals surface area (Å²) in [6.07, 6.45) is 1.79. The molecule has 1 aliphatic rings. The first-order valence-electron chi connectivity index (χ1n) is 10.2. The van der Waals surface area contributed by atoms with Gasteiger partial charge >= 0.3 is 0 Å². The third-order valence-electron chi connectivity index (χ3n) is 5.09. The quantitative estimate of drug-likeness (QED) is 0.447. The SMILES string of the molecule is Cc1nc2nc(NC(C)c3cncc(F)c3)nc(C(O)NCCN3CCOCC3)c2s1. The molecule has 2 atom stereocenters. The lowest BCUT2D eigenvalue weighted by Gasteiger charge is -2.27. The molecular formula is C20H26FN7O2S. The van der Waals surface area contributed by atoms with Crippen molar-refractivity contribution < 1.29 is 14.2 Å². The zero-order chi connectivity index (χ0) is 21.8. The molecule has 11 heteroatoms. The lowest BCUT2D eigenvalue weighted by molar-refractivity contribution is 0.0355. The number of aromatic nitrogens is 4. The van der Waals surface area contributed by atoms with E-state index in [1.165, 1.54) is 17.4 Å². The van der Waals surface area contributed by atoms with Crippen LogP contribution < -0.4 is 10.6 Å². The van der Waals surface area contributed by atoms with Crippen LogP contribution in [0.3, 0.4) is 0 Å². The highest BCUT2D eigenvalue weighted by Gasteiger charge is 2.20. The summed E-state index contributed by atoms with van der Waals surface area (Å²) >= 11 is 1.44. The van der Waals surface area contributed by atoms with Crippen LogP contribution in [0.25, 0.3) is 10.3 Å². The molecule has 1 aliphatic heterocycles. The van der Waals surface area contributed by atoms with Crippen molar-refractivity contribution in [3.63, 3.8) is 0 Å². The number of anilines is 1. The Morgan fingerprint density at radius 1 is 1.26 bits per heavy atom. The molecule has 0 spiro atoms. The fourth-order valence-corrected chi connectivity index (χ4v) is 4.29. The third kappa shape index (κ3) is 5.49. The highest BCUT2D eigenvalue weighted by molar-refractivity contribution is 7.18. The van der Waals surface area contributed by atoms with Crippen LogP contribution in [-0.4, -0.2) is 69.3 Å². The van der Waals surface area contributed by atoms with Gasteiger partial charge in [0.15, 0.2) is 5.65 Å². The molecule has 0 aromatic carbocycles. The van der Waals surface area contributed by atoms with Crippen LogP contribution >= 0.6 is 11.3 Å². The molecule has 0 saturated carbocycles. The molecule has 3 aromatic rings. The van der Waals surface area contributed by atoms with E-state index in [9.17, 15) is 9.50 Å². The van der Waals surface area contributed by atoms with Crippen molar-refractivity contribution >= 4 is 27.6 Å². The predicted octanol–water partition coefficient (Wildman–Crippen LogP) is 2.01. The van der Waals surface area contributed by atoms with E-state index in [2.05, 4.69) is 35.5 Å². The fraction of sp³-hybridized carbons (Fsp3) is 0.500. The van der Waals surface area contributed by atoms with Crippen LogP contribution in [0.1, 0.15) is 35.5 Å². The minimum atomic E-state index is -0.960. The second-order valence-corrected chi connectivity index (χ2v) is 8.63. The van der Waals surface area contributed by atoms with Crippen molar-refractivity contribution in [2.75, 3.05) is 44.7 Å². The van der Waals surface area contributed by atoms with Crippen LogP contribution in [-0.2, 0) is 4.74 Å². The largest absolute Gasteiger partial charge is 0.379 e. The molecule has 0 radical (unpaired) electrons. The van der Waals surface area contributed by atoms with Gasteiger partial charge in [-0.2, -0.15) is 4.98 Å². The second kappa shape index (κ2) is 9.88. The van der Waals surface area contributed by atoms with E-state index in [0.717, 1.165) is 48.8 Å². The van der Waals surface area contributed by atoms with E-state index < -0.39 is 12.0 Å². The molecule has 4 heterocycles. The smallest absolute Gasteiger partial charge is 0.225 e. The first kappa shape index (κ1) is 21.9. The van der Waals surface area contributed by atoms with Crippen molar-refractivity contribution in [2.24, 2.45) is 0 Å². The summed E-state index contributed by atoms with van der Waals surface area (Å²) in [6, 6.07) is 1.14. The molecule has 2 unspecified atom stereocenters. The van der Waals surface area contributed by atoms with E-state index in [0.29, 0.717) is 29.4 Å². The lowest BCUT2D eigenvalue weighted by atomic mass is 10.1. The lowest BCUT2D eigenvalue weighted by Crippen LogP contribution is -2.41. The second-order valence-electron chi connectivity index (χ2n) is 7.43. The van der Waals surface area contributed by atoms with Crippen LogP contribution in [0.5, 0.6) is 0 Å². The summed E-state index contributed by atoms with van der Waals surface area (Å²) in [5.41, 5.74) is 1.67. The number of ether oxygens (including phenoxy) is 1. The topological polar surface area (TPSA) is 108 Å². The Morgan fingerprint density at radius 3 is 2.84 bits per heavy atom. The molecule has 1 fully saturated rings. The van der Waals surface area contributed by atoms with Crippen molar-refractivity contribution in [2.45, 2.75) is 26.1 Å². The number of aliphatic hydroxyl groups is 1. The zero-order valence-electron chi connectivity index (χ0n) is 17.5. The molecule has 3 aromatic heterocycles. The van der Waals surface area contributed by atoms with E-state index >= 15 is 0 Å². The summed E-state index contributed by atoms with van der Waals surface area (Å²) in [4.78, 5) is 19.7. The summed E-state index contributed by atoms with van der Waals surface area (Å²) in [5, 5.41) is 18.0. The van der Waals surface area contributed by atoms with E-state index in [4.69, 9.17) is 4.74 Å². The average Bonchev–Trinajstić information content (AvgIpc) is 3.13. The fourth-order valence-electron chi connectivity index (χ4n) is 3.42. The maximum atomic E-state index is 13.5. The molecule has 4 rings (SSSR count). The molecule has 166 valence electrons. The standard InChI is InChI=1S/C20H26FN7O2S/c1-12(14-9-15(21)11-22-10-14)24-20-26-16(17-18(27-20)25-13(2)31-17)19(29)23-3-4-28-5-7-30-8-6-28/h9-12,19,23,29H,3-8H2,1-2H3,(H,24,26,27). The number of rotatable bonds is 8. The zero-order valence-corrected chi connectivity index (χ0v) is 18.3. The van der Waals surface area contributed by atoms with Crippen LogP contribution in [0.15, 0.2) is 18.5 Å². The van der Waals surface area contributed by atoms with Gasteiger partial charge in [-0.3, -0.25) is 15.2 Å². The number of morpholine rings is 1. The number of hydrogen-bond donors (Lipinski definition) is 3. The Hall–Kier alpha value is -2.31. The summed E-state index contributed by atoms with van der Waals surface area (Å²) in [7, 11) is 0. The first-order chi connectivity index (χ1) is 15.0. The Labute approximate surface area is 183 Å². The van der Waals surface area contributed by atoms with Crippen molar-refractivity contribution in [1.82, 2.24) is 30.2 Å². The number of thiazole rings is 1. The Bertz CT molecular complexity index is 1030. The first-order valence-corrected chi connectivity index (χ1v) is 11.0. The Balaban J connectivity index is 1.50. The van der Waals surface area contributed by atoms with Crippen LogP contribution in [0.2, 0.25) is 0 Å². The molecule has 0 amide bonds. The number of aryl methyl sites for hydroxylation is 1. The normalized spacial score (nSPS) is 17.0. The highest BCUT2D eigenvalue weighted by atomic mass is 32.1. The third-order valence-corrected chi connectivity index (χ3v) is 6.07. The molecular weight excluding hydrogens is 421 g/mol. The van der Waals surface area contributed by atoms with Gasteiger partial charge in [0, 0.05) is 32.4 Å². The van der Waals surface area contributed by atoms with Gasteiger partial charge in [-0.25, -0.2) is 14.4 Å². The number of aliphatic hydroxyl groups excluding tert-OH is 1. The highest BCUT2D eigenvalue weighted by Crippen LogP contribution is 2.28. The molecule has 9 nitrogen and oxygen atoms in total. The number of pyridine rings is 1. The summed E-state index contributed by atoms with van der Waals surface area (Å²) in [5.74, 6) is -0.0863. The van der Waals surface area contributed by atoms with Crippen LogP contribution in [0, 0.1) is 12.7 Å². The molecule has 31 heavy (non-hydrogen) atoms. The van der Waals surface area contributed by atoms with Gasteiger partial charge in [-0.1, -0.05) is 0 Å². The average molecular weight is 448 g/mol. The monoisotopic (exact) mass is 447 g/mol. The van der Waals surface area contributed by atoms with Gasteiger partial charge in [0.1, 0.15) is 17.7 Å². The Kier molecular flexibility index (Phi) is 6.98. The summed E-state index contributed by atoms with van der Waals surface area (Å²) < 4.78 is 19.6. The minimum absolute atomic E-state index is 0.278. The van der Waals surface area contributed by atoms with Crippen molar-refractivity contribution in [3.8, 4) is 0 Å². The number of hydrogen-bond acceptors (Lipinski definition) is 10. The minimum Gasteiger partial charge on any atom is -0.379 e. The number of nitrogens with zero attached hydrogens (tertiary/aromatic N) is 5. The van der Waals surface area contributed by atoms with Gasteiger partial charge in [-0.05, 0) is 25.5 Å². The number of fused-ring (bicyclic) bond motifs is 1. The maximum Gasteiger partial charge on any atom is 0.225 e. The van der Waals surface area contributed by atoms with Crippen molar-refractivity contribution in [1.29, 1.82) is 0 Å². The van der Waals surface area contributed by atoms with Gasteiger partial charge in [-0.15, -0.1) is 11.3 Å². The van der Waals surface area contributed by atoms with Gasteiger partial charge in [0.2, 0.25) is 5.95 Å². The van der Waals surface area contributed by atoms with Gasteiger partial charge in [0.05, 0.1) is 35.2 Å². The van der Waals surface area contributed by atoms with Crippen LogP contribution in [0.4, 0.5) is 10.3 Å². The molecule has 0 bridgehead atoms. The van der Waals surface area contributed by atoms with E-state index in [1.807, 2.05) is 13.8 Å². The number of nitrogens with one attached hydrogen (secondary N) is 2. The van der Waals surface area contributed by atoms with Crippen molar-refractivity contribution in [3.05, 3.63) is 40.5 Å². The maximum absolute atomic E-state index is 13.5. The van der Waals surface area contributed by atoms with Gasteiger partial charge < -0.3 is 15.2 Å². The Morgan fingerprint density at radius 2 is 2.06 bits per heavy atom. The van der Waals surface area contributed by atoms with Gasteiger partial charge in [0.25, 0.3) is 0 Å². The molecule has 1 saturated heterocycles. The van der Waals surface area contributed by atoms with E-state index in [1.54, 1.807) is 6.20 Å². The summed E-state index contributed by atoms with van der Waals surface area (Å²) in [6.45, 7) is 8.45. The van der Waals surface area contributed by atoms with E-state index in [-0.39, 0.29) is 6.04 Å². The molecule has 3 N–H and O–H groups in total.